The molecule has 0 amide bonds. The molecule has 1 saturated heterocycles. The van der Waals surface area contributed by atoms with E-state index in [1.165, 1.54) is 0 Å². The third-order valence-electron chi connectivity index (χ3n) is 2.62. The number of nitrogens with one attached hydrogen (secondary N) is 1. The Kier molecular flexibility index (Phi) is 2.11. The van der Waals surface area contributed by atoms with Gasteiger partial charge in [0.2, 0.25) is 0 Å². The van der Waals surface area contributed by atoms with Gasteiger partial charge < -0.3 is 10.4 Å². The van der Waals surface area contributed by atoms with Crippen LogP contribution in [0.15, 0.2) is 23.9 Å². The number of allylic oxidation sites excluding steroid dienone is 3. The average molecular weight is 193 g/mol. The number of hydrogen-bond acceptors (Lipinski definition) is 3. The Bertz CT molecular complexity index is 343. The van der Waals surface area contributed by atoms with Crippen molar-refractivity contribution < 1.29 is 14.7 Å². The number of carboxylic acid groups (broad SMARTS) is 1. The van der Waals surface area contributed by atoms with Crippen LogP contribution in [0.3, 0.4) is 0 Å². The van der Waals surface area contributed by atoms with E-state index in [9.17, 15) is 9.59 Å². The minimum atomic E-state index is -0.936. The zero-order chi connectivity index (χ0) is 10.1. The summed E-state index contributed by atoms with van der Waals surface area (Å²) in [5, 5.41) is 12.0. The maximum absolute atomic E-state index is 11.6. The highest BCUT2D eigenvalue weighted by Gasteiger charge is 2.37. The summed E-state index contributed by atoms with van der Waals surface area (Å²) < 4.78 is 0. The van der Waals surface area contributed by atoms with E-state index < -0.39 is 17.8 Å². The van der Waals surface area contributed by atoms with Crippen LogP contribution in [0.4, 0.5) is 0 Å². The molecular formula is C10H11NO3. The molecule has 2 rings (SSSR count). The van der Waals surface area contributed by atoms with Gasteiger partial charge in [0.1, 0.15) is 5.78 Å². The Morgan fingerprint density at radius 3 is 3.07 bits per heavy atom. The summed E-state index contributed by atoms with van der Waals surface area (Å²) in [7, 11) is 0. The van der Waals surface area contributed by atoms with Crippen molar-refractivity contribution in [3.63, 3.8) is 0 Å². The van der Waals surface area contributed by atoms with Crippen molar-refractivity contribution in [2.45, 2.75) is 6.42 Å². The number of carboxylic acids is 1. The topological polar surface area (TPSA) is 66.4 Å². The molecule has 0 aromatic rings. The molecule has 2 N–H and O–H groups in total. The number of fused-ring (bicyclic) bond motifs is 1. The fraction of sp³-hybridized carbons (Fsp3) is 0.400. The third-order valence-corrected chi connectivity index (χ3v) is 2.62. The summed E-state index contributed by atoms with van der Waals surface area (Å²) in [5.41, 5.74) is 0.746. The molecule has 14 heavy (non-hydrogen) atoms. The van der Waals surface area contributed by atoms with Crippen LogP contribution in [0.1, 0.15) is 6.42 Å². The predicted octanol–water partition coefficient (Wildman–Crippen LogP) is 0.319. The zero-order valence-electron chi connectivity index (χ0n) is 7.56. The van der Waals surface area contributed by atoms with Crippen LogP contribution < -0.4 is 5.32 Å². The maximum Gasteiger partial charge on any atom is 0.311 e. The molecule has 1 aliphatic heterocycles. The third kappa shape index (κ3) is 1.32. The highest BCUT2D eigenvalue weighted by atomic mass is 16.4. The smallest absolute Gasteiger partial charge is 0.311 e. The number of ketones is 1. The first-order chi connectivity index (χ1) is 6.70. The van der Waals surface area contributed by atoms with Crippen molar-refractivity contribution in [1.82, 2.24) is 5.32 Å². The van der Waals surface area contributed by atoms with Crippen molar-refractivity contribution in [1.29, 1.82) is 0 Å². The van der Waals surface area contributed by atoms with Crippen LogP contribution in [0.25, 0.3) is 0 Å². The molecule has 1 heterocycles. The van der Waals surface area contributed by atoms with Crippen LogP contribution >= 0.6 is 0 Å². The van der Waals surface area contributed by atoms with Crippen molar-refractivity contribution in [2.75, 3.05) is 6.54 Å². The van der Waals surface area contributed by atoms with E-state index in [-0.39, 0.29) is 5.78 Å². The molecule has 2 unspecified atom stereocenters. The minimum absolute atomic E-state index is 0.0201. The fourth-order valence-electron chi connectivity index (χ4n) is 1.94. The SMILES string of the molecule is O=C(O)C1C=CC=C2NCCC(=O)C21. The van der Waals surface area contributed by atoms with Crippen LogP contribution in [0, 0.1) is 11.8 Å². The Labute approximate surface area is 81.3 Å². The quantitative estimate of drug-likeness (QED) is 0.629. The molecule has 4 heteroatoms. The Morgan fingerprint density at radius 2 is 2.36 bits per heavy atom. The number of Topliss-reactive ketones (excluding diaryl/α,β-unsaturated/α-hetero) is 1. The summed E-state index contributed by atoms with van der Waals surface area (Å²) in [6, 6.07) is 0. The van der Waals surface area contributed by atoms with Gasteiger partial charge in [0.05, 0.1) is 11.8 Å². The standard InChI is InChI=1S/C10H11NO3/c12-8-4-5-11-7-3-1-2-6(9(7)8)10(13)14/h1-3,6,9,11H,4-5H2,(H,13,14). The molecule has 74 valence electrons. The molecule has 2 aliphatic rings. The molecule has 0 bridgehead atoms. The molecule has 1 fully saturated rings. The number of carbonyl (C=O) groups excluding carboxylic acids is 1. The average Bonchev–Trinajstić information content (AvgIpc) is 2.17. The van der Waals surface area contributed by atoms with Gasteiger partial charge in [0.15, 0.2) is 0 Å². The van der Waals surface area contributed by atoms with Crippen molar-refractivity contribution in [3.05, 3.63) is 23.9 Å². The summed E-state index contributed by atoms with van der Waals surface area (Å²) >= 11 is 0. The Morgan fingerprint density at radius 1 is 1.57 bits per heavy atom. The molecule has 0 saturated carbocycles. The second-order valence-corrected chi connectivity index (χ2v) is 3.49. The highest BCUT2D eigenvalue weighted by molar-refractivity contribution is 5.91. The monoisotopic (exact) mass is 193 g/mol. The van der Waals surface area contributed by atoms with E-state index in [0.717, 1.165) is 5.70 Å². The van der Waals surface area contributed by atoms with Gasteiger partial charge in [-0.25, -0.2) is 0 Å². The fourth-order valence-corrected chi connectivity index (χ4v) is 1.94. The van der Waals surface area contributed by atoms with Gasteiger partial charge in [-0.1, -0.05) is 12.2 Å². The molecule has 0 aromatic carbocycles. The van der Waals surface area contributed by atoms with E-state index in [4.69, 9.17) is 5.11 Å². The molecule has 4 nitrogen and oxygen atoms in total. The van der Waals surface area contributed by atoms with Crippen molar-refractivity contribution in [3.8, 4) is 0 Å². The number of carbonyl (C=O) groups is 2. The van der Waals surface area contributed by atoms with Gasteiger partial charge in [0.25, 0.3) is 0 Å². The molecule has 1 aliphatic carbocycles. The van der Waals surface area contributed by atoms with Crippen LogP contribution in [0.5, 0.6) is 0 Å². The lowest BCUT2D eigenvalue weighted by Crippen LogP contribution is -2.41. The first-order valence-electron chi connectivity index (χ1n) is 4.58. The summed E-state index contributed by atoms with van der Waals surface area (Å²) in [4.78, 5) is 22.5. The summed E-state index contributed by atoms with van der Waals surface area (Å²) in [5.74, 6) is -2.11. The van der Waals surface area contributed by atoms with Gasteiger partial charge in [0, 0.05) is 18.7 Å². The van der Waals surface area contributed by atoms with E-state index in [0.29, 0.717) is 13.0 Å². The first kappa shape index (κ1) is 8.99. The first-order valence-corrected chi connectivity index (χ1v) is 4.58. The number of aliphatic carboxylic acids is 1. The predicted molar refractivity (Wildman–Crippen MR) is 49.5 cm³/mol. The van der Waals surface area contributed by atoms with Crippen molar-refractivity contribution >= 4 is 11.8 Å². The summed E-state index contributed by atoms with van der Waals surface area (Å²) in [6.07, 6.45) is 5.46. The van der Waals surface area contributed by atoms with E-state index in [1.54, 1.807) is 18.2 Å². The highest BCUT2D eigenvalue weighted by Crippen LogP contribution is 2.29. The second-order valence-electron chi connectivity index (χ2n) is 3.49. The molecule has 0 aromatic heterocycles. The summed E-state index contributed by atoms with van der Waals surface area (Å²) in [6.45, 7) is 0.612. The van der Waals surface area contributed by atoms with Crippen LogP contribution in [-0.2, 0) is 9.59 Å². The van der Waals surface area contributed by atoms with Gasteiger partial charge in [-0.05, 0) is 6.08 Å². The zero-order valence-corrected chi connectivity index (χ0v) is 7.56. The molecular weight excluding hydrogens is 182 g/mol. The number of piperidine rings is 1. The Hall–Kier alpha value is -1.58. The van der Waals surface area contributed by atoms with Gasteiger partial charge in [-0.2, -0.15) is 0 Å². The normalized spacial score (nSPS) is 30.3. The van der Waals surface area contributed by atoms with Crippen LogP contribution in [0.2, 0.25) is 0 Å². The lowest BCUT2D eigenvalue weighted by molar-refractivity contribution is -0.144. The van der Waals surface area contributed by atoms with E-state index in [2.05, 4.69) is 5.32 Å². The number of hydrogen-bond donors (Lipinski definition) is 2. The Balaban J connectivity index is 2.32. The second kappa shape index (κ2) is 3.29. The maximum atomic E-state index is 11.6. The van der Waals surface area contributed by atoms with E-state index in [1.807, 2.05) is 0 Å². The largest absolute Gasteiger partial charge is 0.481 e. The lowest BCUT2D eigenvalue weighted by atomic mass is 9.79. The lowest BCUT2D eigenvalue weighted by Gasteiger charge is -2.30. The molecule has 2 atom stereocenters. The van der Waals surface area contributed by atoms with Crippen molar-refractivity contribution in [2.24, 2.45) is 11.8 Å². The van der Waals surface area contributed by atoms with Gasteiger partial charge in [-0.3, -0.25) is 9.59 Å². The van der Waals surface area contributed by atoms with Crippen LogP contribution in [-0.4, -0.2) is 23.4 Å². The molecule has 0 spiro atoms. The number of rotatable bonds is 1. The minimum Gasteiger partial charge on any atom is -0.481 e. The van der Waals surface area contributed by atoms with Gasteiger partial charge >= 0.3 is 5.97 Å². The molecule has 0 radical (unpaired) electrons. The van der Waals surface area contributed by atoms with Gasteiger partial charge in [-0.15, -0.1) is 0 Å². The van der Waals surface area contributed by atoms with E-state index >= 15 is 0 Å².